The lowest BCUT2D eigenvalue weighted by Gasteiger charge is -2.22. The predicted molar refractivity (Wildman–Crippen MR) is 64.0 cm³/mol. The van der Waals surface area contributed by atoms with E-state index in [4.69, 9.17) is 23.2 Å². The zero-order valence-electron chi connectivity index (χ0n) is 7.31. The molecule has 1 rings (SSSR count). The van der Waals surface area contributed by atoms with Crippen molar-refractivity contribution in [3.63, 3.8) is 0 Å². The van der Waals surface area contributed by atoms with E-state index >= 15 is 0 Å². The minimum Gasteiger partial charge on any atom is -0.137 e. The second kappa shape index (κ2) is 4.28. The fourth-order valence-corrected chi connectivity index (χ4v) is 1.81. The van der Waals surface area contributed by atoms with Crippen LogP contribution in [-0.4, -0.2) is 14.6 Å². The number of alkyl halides is 1. The van der Waals surface area contributed by atoms with E-state index in [1.54, 1.807) is 6.07 Å². The van der Waals surface area contributed by atoms with E-state index in [2.05, 4.69) is 46.6 Å². The maximum atomic E-state index is 5.92. The van der Waals surface area contributed by atoms with E-state index in [1.807, 2.05) is 0 Å². The molecule has 1 aromatic heterocycles. The average Bonchev–Trinajstić information content (AvgIpc) is 2.09. The first-order valence-electron chi connectivity index (χ1n) is 3.72. The molecule has 0 saturated carbocycles. The normalized spacial score (nSPS) is 11.8. The molecule has 0 amide bonds. The lowest BCUT2D eigenvalue weighted by Crippen LogP contribution is -2.20. The van der Waals surface area contributed by atoms with Crippen LogP contribution in [0.2, 0.25) is 10.3 Å². The molecule has 1 aromatic rings. The molecule has 0 aliphatic rings. The minimum absolute atomic E-state index is 0.0166. The Bertz CT molecular complexity index is 315. The van der Waals surface area contributed by atoms with Crippen LogP contribution in [0.25, 0.3) is 0 Å². The molecule has 1 heterocycles. The van der Waals surface area contributed by atoms with Crippen molar-refractivity contribution in [2.75, 3.05) is 4.43 Å². The number of rotatable bonds is 2. The summed E-state index contributed by atoms with van der Waals surface area (Å²) in [4.78, 5) is 0. The molecule has 0 N–H and O–H groups in total. The Morgan fingerprint density at radius 3 is 2.54 bits per heavy atom. The lowest BCUT2D eigenvalue weighted by molar-refractivity contribution is 0.606. The number of aromatic nitrogens is 2. The van der Waals surface area contributed by atoms with Gasteiger partial charge in [0.15, 0.2) is 10.3 Å². The highest BCUT2D eigenvalue weighted by Gasteiger charge is 2.23. The first-order chi connectivity index (χ1) is 5.97. The van der Waals surface area contributed by atoms with Crippen LogP contribution in [0, 0.1) is 0 Å². The number of hydrogen-bond acceptors (Lipinski definition) is 2. The van der Waals surface area contributed by atoms with Gasteiger partial charge in [-0.15, -0.1) is 10.2 Å². The summed E-state index contributed by atoms with van der Waals surface area (Å²) in [5, 5.41) is 8.26. The SMILES string of the molecule is CC(C)(CI)c1cc(Cl)nnc1Cl. The summed E-state index contributed by atoms with van der Waals surface area (Å²) >= 11 is 14.0. The molecule has 0 unspecified atom stereocenters. The highest BCUT2D eigenvalue weighted by molar-refractivity contribution is 14.1. The van der Waals surface area contributed by atoms with Crippen molar-refractivity contribution < 1.29 is 0 Å². The third-order valence-electron chi connectivity index (χ3n) is 1.78. The average molecular weight is 331 g/mol. The summed E-state index contributed by atoms with van der Waals surface area (Å²) in [7, 11) is 0. The van der Waals surface area contributed by atoms with Gasteiger partial charge in [0.1, 0.15) is 0 Å². The van der Waals surface area contributed by atoms with Gasteiger partial charge in [-0.2, -0.15) is 0 Å². The van der Waals surface area contributed by atoms with Gasteiger partial charge in [0.05, 0.1) is 0 Å². The Balaban J connectivity index is 3.20. The molecular formula is C8H9Cl2IN2. The number of hydrogen-bond donors (Lipinski definition) is 0. The van der Waals surface area contributed by atoms with E-state index in [9.17, 15) is 0 Å². The van der Waals surface area contributed by atoms with Gasteiger partial charge in [-0.3, -0.25) is 0 Å². The maximum absolute atomic E-state index is 5.92. The van der Waals surface area contributed by atoms with E-state index in [1.165, 1.54) is 0 Å². The Morgan fingerprint density at radius 2 is 2.00 bits per heavy atom. The smallest absolute Gasteiger partial charge is 0.137 e. The first-order valence-corrected chi connectivity index (χ1v) is 6.00. The molecule has 0 saturated heterocycles. The lowest BCUT2D eigenvalue weighted by atomic mass is 9.89. The molecule has 13 heavy (non-hydrogen) atoms. The molecule has 0 radical (unpaired) electrons. The Kier molecular flexibility index (Phi) is 3.77. The van der Waals surface area contributed by atoms with Crippen molar-refractivity contribution in [1.82, 2.24) is 10.2 Å². The van der Waals surface area contributed by atoms with Gasteiger partial charge in [-0.25, -0.2) is 0 Å². The van der Waals surface area contributed by atoms with E-state index in [0.717, 1.165) is 9.99 Å². The van der Waals surface area contributed by atoms with Crippen molar-refractivity contribution in [3.8, 4) is 0 Å². The van der Waals surface area contributed by atoms with Crippen LogP contribution in [0.1, 0.15) is 19.4 Å². The molecule has 2 nitrogen and oxygen atoms in total. The van der Waals surface area contributed by atoms with E-state index in [0.29, 0.717) is 10.3 Å². The fourth-order valence-electron chi connectivity index (χ4n) is 0.900. The number of halogens is 3. The molecule has 0 aliphatic heterocycles. The molecule has 72 valence electrons. The van der Waals surface area contributed by atoms with Crippen molar-refractivity contribution in [2.24, 2.45) is 0 Å². The van der Waals surface area contributed by atoms with Gasteiger partial charge >= 0.3 is 0 Å². The van der Waals surface area contributed by atoms with Crippen LogP contribution in [0.3, 0.4) is 0 Å². The first kappa shape index (κ1) is 11.5. The Morgan fingerprint density at radius 1 is 1.38 bits per heavy atom. The minimum atomic E-state index is -0.0166. The topological polar surface area (TPSA) is 25.8 Å². The zero-order valence-corrected chi connectivity index (χ0v) is 11.0. The van der Waals surface area contributed by atoms with Gasteiger partial charge in [0.25, 0.3) is 0 Å². The van der Waals surface area contributed by atoms with Gasteiger partial charge in [-0.05, 0) is 6.07 Å². The Hall–Kier alpha value is 0.390. The molecule has 0 aliphatic carbocycles. The van der Waals surface area contributed by atoms with Gasteiger partial charge < -0.3 is 0 Å². The van der Waals surface area contributed by atoms with Crippen LogP contribution >= 0.6 is 45.8 Å². The molecule has 0 atom stereocenters. The van der Waals surface area contributed by atoms with Crippen molar-refractivity contribution in [2.45, 2.75) is 19.3 Å². The summed E-state index contributed by atoms with van der Waals surface area (Å²) < 4.78 is 0.951. The highest BCUT2D eigenvalue weighted by Crippen LogP contribution is 2.31. The summed E-state index contributed by atoms with van der Waals surface area (Å²) in [6.07, 6.45) is 0. The standard InChI is InChI=1S/C8H9Cl2IN2/c1-8(2,4-11)5-3-6(9)12-13-7(5)10/h3H,4H2,1-2H3. The van der Waals surface area contributed by atoms with Gasteiger partial charge in [0.2, 0.25) is 0 Å². The molecule has 0 spiro atoms. The van der Waals surface area contributed by atoms with Crippen LogP contribution in [-0.2, 0) is 5.41 Å². The summed E-state index contributed by atoms with van der Waals surface area (Å²) in [6.45, 7) is 4.19. The third-order valence-corrected chi connectivity index (χ3v) is 4.15. The number of nitrogens with zero attached hydrogens (tertiary/aromatic N) is 2. The van der Waals surface area contributed by atoms with Gasteiger partial charge in [0, 0.05) is 15.4 Å². The summed E-state index contributed by atoms with van der Waals surface area (Å²) in [5.74, 6) is 0. The van der Waals surface area contributed by atoms with E-state index < -0.39 is 0 Å². The van der Waals surface area contributed by atoms with Crippen molar-refractivity contribution in [3.05, 3.63) is 21.9 Å². The van der Waals surface area contributed by atoms with Crippen LogP contribution in [0.15, 0.2) is 6.07 Å². The third kappa shape index (κ3) is 2.67. The fraction of sp³-hybridized carbons (Fsp3) is 0.500. The van der Waals surface area contributed by atoms with Crippen LogP contribution < -0.4 is 0 Å². The second-order valence-electron chi connectivity index (χ2n) is 3.39. The molecule has 0 bridgehead atoms. The second-order valence-corrected chi connectivity index (χ2v) is 4.90. The molecular weight excluding hydrogens is 322 g/mol. The zero-order chi connectivity index (χ0) is 10.1. The van der Waals surface area contributed by atoms with Crippen molar-refractivity contribution >= 4 is 45.8 Å². The molecule has 0 fully saturated rings. The maximum Gasteiger partial charge on any atom is 0.155 e. The molecule has 5 heteroatoms. The van der Waals surface area contributed by atoms with E-state index in [-0.39, 0.29) is 5.41 Å². The van der Waals surface area contributed by atoms with Gasteiger partial charge in [-0.1, -0.05) is 59.6 Å². The van der Waals surface area contributed by atoms with Crippen LogP contribution in [0.4, 0.5) is 0 Å². The quantitative estimate of drug-likeness (QED) is 0.612. The molecule has 0 aromatic carbocycles. The highest BCUT2D eigenvalue weighted by atomic mass is 127. The summed E-state index contributed by atoms with van der Waals surface area (Å²) in [5.41, 5.74) is 0.931. The summed E-state index contributed by atoms with van der Waals surface area (Å²) in [6, 6.07) is 1.77. The Labute approximate surface area is 101 Å². The van der Waals surface area contributed by atoms with Crippen LogP contribution in [0.5, 0.6) is 0 Å². The largest absolute Gasteiger partial charge is 0.155 e. The monoisotopic (exact) mass is 330 g/mol. The predicted octanol–water partition coefficient (Wildman–Crippen LogP) is 3.50. The van der Waals surface area contributed by atoms with Crippen molar-refractivity contribution in [1.29, 1.82) is 0 Å².